The van der Waals surface area contributed by atoms with Crippen LogP contribution in [0.15, 0.2) is 0 Å². The van der Waals surface area contributed by atoms with Crippen molar-refractivity contribution in [3.63, 3.8) is 0 Å². The number of halogens is 1. The average molecular weight is 151 g/mol. The average Bonchev–Trinajstić information content (AvgIpc) is 1.82. The molecule has 0 fully saturated rings. The largest absolute Gasteiger partial charge is 0.480 e. The Morgan fingerprint density at radius 1 is 1.60 bits per heavy atom. The highest BCUT2D eigenvalue weighted by Gasteiger charge is 2.06. The Bertz CT molecular complexity index is 109. The smallest absolute Gasteiger partial charge is 0.320 e. The highest BCUT2D eigenvalue weighted by molar-refractivity contribution is 5.68. The molecule has 4 nitrogen and oxygen atoms in total. The normalized spacial score (nSPS) is 10.3. The second kappa shape index (κ2) is 5.13. The number of aliphatic hydroxyl groups is 1. The summed E-state index contributed by atoms with van der Waals surface area (Å²) in [5.74, 6) is -1.21. The molecule has 0 rings (SSSR count). The van der Waals surface area contributed by atoms with Crippen molar-refractivity contribution < 1.29 is 19.5 Å². The SMILES string of the molecule is O=C(O)CN(F)CCCO. The van der Waals surface area contributed by atoms with E-state index in [4.69, 9.17) is 10.2 Å². The summed E-state index contributed by atoms with van der Waals surface area (Å²) in [5.41, 5.74) is 0. The quantitative estimate of drug-likeness (QED) is 0.527. The molecule has 2 N–H and O–H groups in total. The number of aliphatic hydroxyl groups excluding tert-OH is 1. The van der Waals surface area contributed by atoms with Gasteiger partial charge < -0.3 is 10.2 Å². The van der Waals surface area contributed by atoms with Gasteiger partial charge in [-0.1, -0.05) is 0 Å². The van der Waals surface area contributed by atoms with E-state index < -0.39 is 12.5 Å². The van der Waals surface area contributed by atoms with Gasteiger partial charge in [-0.3, -0.25) is 4.79 Å². The molecule has 0 atom stereocenters. The molecule has 0 aromatic carbocycles. The second-order valence-corrected chi connectivity index (χ2v) is 1.82. The molecule has 10 heavy (non-hydrogen) atoms. The van der Waals surface area contributed by atoms with Crippen LogP contribution in [-0.4, -0.2) is 41.0 Å². The first-order valence-corrected chi connectivity index (χ1v) is 2.90. The maximum Gasteiger partial charge on any atom is 0.320 e. The van der Waals surface area contributed by atoms with Crippen LogP contribution in [0.1, 0.15) is 6.42 Å². The van der Waals surface area contributed by atoms with Crippen LogP contribution >= 0.6 is 0 Å². The summed E-state index contributed by atoms with van der Waals surface area (Å²) in [6.07, 6.45) is 0.254. The fourth-order valence-corrected chi connectivity index (χ4v) is 0.468. The van der Waals surface area contributed by atoms with E-state index >= 15 is 0 Å². The third-order valence-electron chi connectivity index (χ3n) is 0.866. The summed E-state index contributed by atoms with van der Waals surface area (Å²) in [5, 5.41) is 16.4. The molecule has 0 aliphatic carbocycles. The molecule has 0 bridgehead atoms. The van der Waals surface area contributed by atoms with Crippen molar-refractivity contribution in [2.24, 2.45) is 0 Å². The predicted octanol–water partition coefficient (Wildman–Crippen LogP) is -0.360. The van der Waals surface area contributed by atoms with E-state index in [1.54, 1.807) is 0 Å². The van der Waals surface area contributed by atoms with E-state index in [1.165, 1.54) is 0 Å². The fraction of sp³-hybridized carbons (Fsp3) is 0.800. The monoisotopic (exact) mass is 151 g/mol. The standard InChI is InChI=1S/C5H10FNO3/c6-7(2-1-3-8)4-5(9)10/h8H,1-4H2,(H,9,10). The van der Waals surface area contributed by atoms with Crippen LogP contribution in [0.2, 0.25) is 0 Å². The van der Waals surface area contributed by atoms with E-state index in [2.05, 4.69) is 0 Å². The number of rotatable bonds is 5. The van der Waals surface area contributed by atoms with Crippen molar-refractivity contribution in [2.45, 2.75) is 6.42 Å². The van der Waals surface area contributed by atoms with Crippen LogP contribution in [0, 0.1) is 0 Å². The number of hydrogen-bond acceptors (Lipinski definition) is 3. The summed E-state index contributed by atoms with van der Waals surface area (Å²) in [6.45, 7) is -0.789. The maximum atomic E-state index is 12.2. The molecule has 0 aliphatic heterocycles. The molecule has 0 saturated carbocycles. The van der Waals surface area contributed by atoms with Crippen molar-refractivity contribution in [3.8, 4) is 0 Å². The molecule has 0 aromatic rings. The zero-order chi connectivity index (χ0) is 7.98. The number of carboxylic acids is 1. The molecule has 5 heteroatoms. The molecule has 0 unspecified atom stereocenters. The van der Waals surface area contributed by atoms with Crippen LogP contribution < -0.4 is 0 Å². The Morgan fingerprint density at radius 3 is 2.60 bits per heavy atom. The molecule has 0 aliphatic rings. The molecule has 0 heterocycles. The first-order chi connectivity index (χ1) is 4.66. The Morgan fingerprint density at radius 2 is 2.20 bits per heavy atom. The van der Waals surface area contributed by atoms with Crippen molar-refractivity contribution in [1.29, 1.82) is 0 Å². The van der Waals surface area contributed by atoms with Crippen molar-refractivity contribution in [3.05, 3.63) is 0 Å². The minimum atomic E-state index is -1.21. The third kappa shape index (κ3) is 5.46. The molecule has 0 aromatic heterocycles. The fourth-order valence-electron chi connectivity index (χ4n) is 0.468. The lowest BCUT2D eigenvalue weighted by molar-refractivity contribution is -0.143. The van der Waals surface area contributed by atoms with Gasteiger partial charge in [0.1, 0.15) is 6.54 Å². The zero-order valence-corrected chi connectivity index (χ0v) is 5.46. The molecule has 0 saturated heterocycles. The van der Waals surface area contributed by atoms with Gasteiger partial charge in [-0.15, -0.1) is 9.60 Å². The number of nitrogens with zero attached hydrogens (tertiary/aromatic N) is 1. The summed E-state index contributed by atoms with van der Waals surface area (Å²) in [7, 11) is 0. The Balaban J connectivity index is 3.25. The lowest BCUT2D eigenvalue weighted by Gasteiger charge is -2.06. The minimum Gasteiger partial charge on any atom is -0.480 e. The van der Waals surface area contributed by atoms with Gasteiger partial charge in [-0.2, -0.15) is 0 Å². The van der Waals surface area contributed by atoms with Crippen LogP contribution in [0.5, 0.6) is 0 Å². The van der Waals surface area contributed by atoms with Gasteiger partial charge in [0.25, 0.3) is 0 Å². The molecule has 0 amide bonds. The lowest BCUT2D eigenvalue weighted by Crippen LogP contribution is -2.23. The first kappa shape index (κ1) is 9.32. The summed E-state index contributed by atoms with van der Waals surface area (Å²) >= 11 is 0. The van der Waals surface area contributed by atoms with E-state index in [9.17, 15) is 9.28 Å². The van der Waals surface area contributed by atoms with Crippen LogP contribution in [0.3, 0.4) is 0 Å². The van der Waals surface area contributed by atoms with Gasteiger partial charge in [-0.05, 0) is 6.42 Å². The lowest BCUT2D eigenvalue weighted by atomic mass is 10.4. The van der Waals surface area contributed by atoms with Crippen molar-refractivity contribution >= 4 is 5.97 Å². The highest BCUT2D eigenvalue weighted by atomic mass is 19.2. The summed E-state index contributed by atoms with van der Waals surface area (Å²) < 4.78 is 12.2. The van der Waals surface area contributed by atoms with Crippen molar-refractivity contribution in [2.75, 3.05) is 19.7 Å². The van der Waals surface area contributed by atoms with Gasteiger partial charge in [0.15, 0.2) is 0 Å². The molecule has 0 spiro atoms. The van der Waals surface area contributed by atoms with Crippen LogP contribution in [0.25, 0.3) is 0 Å². The Hall–Kier alpha value is -0.680. The predicted molar refractivity (Wildman–Crippen MR) is 32.0 cm³/mol. The molecular weight excluding hydrogens is 141 g/mol. The summed E-state index contributed by atoms with van der Waals surface area (Å²) in [6, 6.07) is 0. The van der Waals surface area contributed by atoms with Gasteiger partial charge in [0.2, 0.25) is 0 Å². The molecule has 0 radical (unpaired) electrons. The van der Waals surface area contributed by atoms with E-state index in [0.717, 1.165) is 0 Å². The van der Waals surface area contributed by atoms with Crippen LogP contribution in [-0.2, 0) is 4.79 Å². The minimum absolute atomic E-state index is 0.0389. The molecular formula is C5H10FNO3. The summed E-state index contributed by atoms with van der Waals surface area (Å²) in [4.78, 5) is 9.83. The second-order valence-electron chi connectivity index (χ2n) is 1.82. The van der Waals surface area contributed by atoms with Gasteiger partial charge in [0.05, 0.1) is 0 Å². The van der Waals surface area contributed by atoms with E-state index in [1.807, 2.05) is 0 Å². The van der Waals surface area contributed by atoms with E-state index in [0.29, 0.717) is 0 Å². The van der Waals surface area contributed by atoms with E-state index in [-0.39, 0.29) is 24.7 Å². The number of hydrogen-bond donors (Lipinski definition) is 2. The number of aliphatic carboxylic acids is 1. The highest BCUT2D eigenvalue weighted by Crippen LogP contribution is 1.90. The van der Waals surface area contributed by atoms with Gasteiger partial charge in [0, 0.05) is 13.2 Å². The van der Waals surface area contributed by atoms with Gasteiger partial charge in [-0.25, -0.2) is 0 Å². The number of carbonyl (C=O) groups is 1. The Kier molecular flexibility index (Phi) is 4.78. The molecule has 60 valence electrons. The third-order valence-corrected chi connectivity index (χ3v) is 0.866. The van der Waals surface area contributed by atoms with Crippen molar-refractivity contribution in [1.82, 2.24) is 5.12 Å². The number of carboxylic acid groups (broad SMARTS) is 1. The Labute approximate surface area is 57.8 Å². The first-order valence-electron chi connectivity index (χ1n) is 2.90. The topological polar surface area (TPSA) is 60.8 Å². The van der Waals surface area contributed by atoms with Gasteiger partial charge >= 0.3 is 5.97 Å². The zero-order valence-electron chi connectivity index (χ0n) is 5.46. The maximum absolute atomic E-state index is 12.2. The van der Waals surface area contributed by atoms with Crippen LogP contribution in [0.4, 0.5) is 4.48 Å².